The van der Waals surface area contributed by atoms with Gasteiger partial charge >= 0.3 is 5.69 Å². The molecule has 0 fully saturated rings. The molecule has 0 radical (unpaired) electrons. The first-order valence-electron chi connectivity index (χ1n) is 6.63. The molecule has 0 unspecified atom stereocenters. The molecule has 110 valence electrons. The van der Waals surface area contributed by atoms with Crippen molar-refractivity contribution >= 4 is 11.4 Å². The van der Waals surface area contributed by atoms with E-state index in [1.165, 1.54) is 0 Å². The number of ether oxygens (including phenoxy) is 1. The van der Waals surface area contributed by atoms with E-state index in [1.807, 2.05) is 6.92 Å². The first-order valence-corrected chi connectivity index (χ1v) is 6.63. The van der Waals surface area contributed by atoms with Crippen molar-refractivity contribution in [3.63, 3.8) is 0 Å². The highest BCUT2D eigenvalue weighted by molar-refractivity contribution is 5.68. The number of nitrogens with zero attached hydrogens (tertiary/aromatic N) is 3. The van der Waals surface area contributed by atoms with Crippen molar-refractivity contribution < 1.29 is 9.66 Å². The molecule has 0 bridgehead atoms. The number of rotatable bonds is 7. The lowest BCUT2D eigenvalue weighted by Crippen LogP contribution is -2.06. The molecule has 0 saturated carbocycles. The molecular weight excluding hydrogens is 272 g/mol. The van der Waals surface area contributed by atoms with Gasteiger partial charge in [-0.25, -0.2) is 0 Å². The molecule has 1 aromatic carbocycles. The maximum Gasteiger partial charge on any atom is 0.333 e. The number of anilines is 1. The molecule has 7 heteroatoms. The van der Waals surface area contributed by atoms with E-state index in [0.717, 1.165) is 6.42 Å². The number of benzene rings is 1. The van der Waals surface area contributed by atoms with Crippen molar-refractivity contribution in [1.29, 1.82) is 0 Å². The van der Waals surface area contributed by atoms with Crippen molar-refractivity contribution in [3.8, 4) is 5.75 Å². The van der Waals surface area contributed by atoms with Gasteiger partial charge in [-0.2, -0.15) is 10.2 Å². The Kier molecular flexibility index (Phi) is 5.03. The number of hydrogen-bond donors (Lipinski definition) is 1. The lowest BCUT2D eigenvalue weighted by molar-refractivity contribution is -0.385. The molecule has 0 aliphatic rings. The fourth-order valence-electron chi connectivity index (χ4n) is 1.80. The summed E-state index contributed by atoms with van der Waals surface area (Å²) in [5.41, 5.74) is 1.04. The molecule has 0 aliphatic carbocycles. The molecule has 1 N–H and O–H groups in total. The first kappa shape index (κ1) is 14.7. The molecule has 0 saturated heterocycles. The minimum absolute atomic E-state index is 0.0603. The SMILES string of the molecule is CCCOc1cccc(NCc2cccnn2)c1[N+](=O)[O-]. The molecule has 0 spiro atoms. The van der Waals surface area contributed by atoms with Crippen LogP contribution in [0.3, 0.4) is 0 Å². The van der Waals surface area contributed by atoms with Gasteiger partial charge in [0.2, 0.25) is 0 Å². The van der Waals surface area contributed by atoms with E-state index in [1.54, 1.807) is 36.5 Å². The predicted molar refractivity (Wildman–Crippen MR) is 78.2 cm³/mol. The fraction of sp³-hybridized carbons (Fsp3) is 0.286. The largest absolute Gasteiger partial charge is 0.487 e. The molecule has 0 atom stereocenters. The van der Waals surface area contributed by atoms with Crippen molar-refractivity contribution in [2.75, 3.05) is 11.9 Å². The van der Waals surface area contributed by atoms with Crippen molar-refractivity contribution in [1.82, 2.24) is 10.2 Å². The van der Waals surface area contributed by atoms with Crippen molar-refractivity contribution in [2.45, 2.75) is 19.9 Å². The number of para-hydroxylation sites is 1. The highest BCUT2D eigenvalue weighted by atomic mass is 16.6. The second-order valence-electron chi connectivity index (χ2n) is 4.33. The Hall–Kier alpha value is -2.70. The Labute approximate surface area is 122 Å². The zero-order valence-electron chi connectivity index (χ0n) is 11.7. The quantitative estimate of drug-likeness (QED) is 0.622. The maximum absolute atomic E-state index is 11.3. The number of nitro benzene ring substituents is 1. The Morgan fingerprint density at radius 1 is 1.33 bits per heavy atom. The molecule has 1 heterocycles. The van der Waals surface area contributed by atoms with E-state index in [0.29, 0.717) is 24.5 Å². The first-order chi connectivity index (χ1) is 10.2. The molecule has 21 heavy (non-hydrogen) atoms. The smallest absolute Gasteiger partial charge is 0.333 e. The summed E-state index contributed by atoms with van der Waals surface area (Å²) >= 11 is 0. The summed E-state index contributed by atoms with van der Waals surface area (Å²) in [6, 6.07) is 8.52. The van der Waals surface area contributed by atoms with E-state index in [4.69, 9.17) is 4.74 Å². The Bertz CT molecular complexity index is 604. The summed E-state index contributed by atoms with van der Waals surface area (Å²) in [6.07, 6.45) is 2.36. The number of nitrogens with one attached hydrogen (secondary N) is 1. The summed E-state index contributed by atoms with van der Waals surface area (Å²) < 4.78 is 5.43. The lowest BCUT2D eigenvalue weighted by Gasteiger charge is -2.10. The Morgan fingerprint density at radius 3 is 2.86 bits per heavy atom. The highest BCUT2D eigenvalue weighted by Gasteiger charge is 2.20. The van der Waals surface area contributed by atoms with Gasteiger partial charge in [-0.3, -0.25) is 10.1 Å². The van der Waals surface area contributed by atoms with Crippen LogP contribution in [-0.2, 0) is 6.54 Å². The van der Waals surface area contributed by atoms with Gasteiger partial charge in [0.1, 0.15) is 5.69 Å². The summed E-state index contributed by atoms with van der Waals surface area (Å²) in [5, 5.41) is 22.0. The van der Waals surface area contributed by atoms with Gasteiger partial charge in [-0.15, -0.1) is 0 Å². The van der Waals surface area contributed by atoms with Gasteiger partial charge in [-0.1, -0.05) is 13.0 Å². The van der Waals surface area contributed by atoms with Gasteiger partial charge in [0.15, 0.2) is 5.75 Å². The minimum atomic E-state index is -0.440. The molecule has 2 aromatic rings. The summed E-state index contributed by atoms with van der Waals surface area (Å²) in [4.78, 5) is 10.8. The van der Waals surface area contributed by atoms with E-state index >= 15 is 0 Å². The second-order valence-corrected chi connectivity index (χ2v) is 4.33. The summed E-state index contributed by atoms with van der Waals surface area (Å²) in [7, 11) is 0. The summed E-state index contributed by atoms with van der Waals surface area (Å²) in [5.74, 6) is 0.269. The number of aromatic nitrogens is 2. The Morgan fingerprint density at radius 2 is 2.19 bits per heavy atom. The van der Waals surface area contributed by atoms with Crippen molar-refractivity contribution in [3.05, 3.63) is 52.3 Å². The van der Waals surface area contributed by atoms with Crippen molar-refractivity contribution in [2.24, 2.45) is 0 Å². The lowest BCUT2D eigenvalue weighted by atomic mass is 10.2. The molecule has 1 aromatic heterocycles. The predicted octanol–water partition coefficient (Wildman–Crippen LogP) is 2.79. The summed E-state index contributed by atoms with van der Waals surface area (Å²) in [6.45, 7) is 2.74. The average molecular weight is 288 g/mol. The zero-order valence-corrected chi connectivity index (χ0v) is 11.7. The maximum atomic E-state index is 11.3. The molecule has 0 aliphatic heterocycles. The van der Waals surface area contributed by atoms with E-state index in [2.05, 4.69) is 15.5 Å². The van der Waals surface area contributed by atoms with Crippen LogP contribution >= 0.6 is 0 Å². The number of nitro groups is 1. The normalized spacial score (nSPS) is 10.1. The van der Waals surface area contributed by atoms with Crippen LogP contribution in [0.15, 0.2) is 36.5 Å². The van der Waals surface area contributed by atoms with Crippen LogP contribution < -0.4 is 10.1 Å². The van der Waals surface area contributed by atoms with Gasteiger partial charge in [0, 0.05) is 6.20 Å². The van der Waals surface area contributed by atoms with E-state index in [-0.39, 0.29) is 11.4 Å². The van der Waals surface area contributed by atoms with Gasteiger partial charge in [0.05, 0.1) is 23.8 Å². The number of hydrogen-bond acceptors (Lipinski definition) is 6. The minimum Gasteiger partial charge on any atom is -0.487 e. The molecular formula is C14H16N4O3. The van der Waals surface area contributed by atoms with Crippen LogP contribution in [0.2, 0.25) is 0 Å². The van der Waals surface area contributed by atoms with Crippen LogP contribution in [-0.4, -0.2) is 21.7 Å². The molecule has 7 nitrogen and oxygen atoms in total. The standard InChI is InChI=1S/C14H16N4O3/c1-2-9-21-13-7-3-6-12(14(13)18(19)20)15-10-11-5-4-8-16-17-11/h3-8,15H,2,9-10H2,1H3. The third-order valence-corrected chi connectivity index (χ3v) is 2.73. The highest BCUT2D eigenvalue weighted by Crippen LogP contribution is 2.35. The van der Waals surface area contributed by atoms with Crippen LogP contribution in [0, 0.1) is 10.1 Å². The average Bonchev–Trinajstić information content (AvgIpc) is 2.51. The van der Waals surface area contributed by atoms with Crippen LogP contribution in [0.5, 0.6) is 5.75 Å². The fourth-order valence-corrected chi connectivity index (χ4v) is 1.80. The third kappa shape index (κ3) is 3.88. The topological polar surface area (TPSA) is 90.2 Å². The van der Waals surface area contributed by atoms with Gasteiger partial charge < -0.3 is 10.1 Å². The third-order valence-electron chi connectivity index (χ3n) is 2.73. The van der Waals surface area contributed by atoms with E-state index < -0.39 is 4.92 Å². The molecule has 0 amide bonds. The van der Waals surface area contributed by atoms with Gasteiger partial charge in [-0.05, 0) is 30.7 Å². The van der Waals surface area contributed by atoms with Crippen LogP contribution in [0.25, 0.3) is 0 Å². The monoisotopic (exact) mass is 288 g/mol. The van der Waals surface area contributed by atoms with Gasteiger partial charge in [0.25, 0.3) is 0 Å². The molecule has 2 rings (SSSR count). The second kappa shape index (κ2) is 7.18. The van der Waals surface area contributed by atoms with Crippen LogP contribution in [0.4, 0.5) is 11.4 Å². The zero-order chi connectivity index (χ0) is 15.1. The van der Waals surface area contributed by atoms with Crippen LogP contribution in [0.1, 0.15) is 19.0 Å². The van der Waals surface area contributed by atoms with E-state index in [9.17, 15) is 10.1 Å². The Balaban J connectivity index is 2.20.